The lowest BCUT2D eigenvalue weighted by Crippen LogP contribution is -2.48. The largest absolute Gasteiger partial charge is 0.463 e. The maximum atomic E-state index is 12.3. The summed E-state index contributed by atoms with van der Waals surface area (Å²) >= 11 is 0. The molecule has 2 amide bonds. The Labute approximate surface area is 143 Å². The second kappa shape index (κ2) is 7.85. The smallest absolute Gasteiger partial charge is 0.410 e. The summed E-state index contributed by atoms with van der Waals surface area (Å²) in [5.41, 5.74) is -0.546. The fourth-order valence-electron chi connectivity index (χ4n) is 2.96. The third-order valence-electron chi connectivity index (χ3n) is 4.27. The van der Waals surface area contributed by atoms with E-state index in [2.05, 4.69) is 5.32 Å². The Hall–Kier alpha value is -1.79. The molecule has 2 atom stereocenters. The van der Waals surface area contributed by atoms with Crippen molar-refractivity contribution >= 4 is 18.0 Å². The first-order valence-electron chi connectivity index (χ1n) is 8.69. The quantitative estimate of drug-likeness (QED) is 0.793. The molecular formula is C17H28N2O5. The van der Waals surface area contributed by atoms with Gasteiger partial charge in [-0.2, -0.15) is 0 Å². The van der Waals surface area contributed by atoms with Crippen molar-refractivity contribution < 1.29 is 23.9 Å². The molecule has 24 heavy (non-hydrogen) atoms. The van der Waals surface area contributed by atoms with E-state index in [0.29, 0.717) is 25.9 Å². The Bertz CT molecular complexity index is 476. The molecule has 0 bridgehead atoms. The van der Waals surface area contributed by atoms with Gasteiger partial charge in [0.2, 0.25) is 5.91 Å². The first-order chi connectivity index (χ1) is 11.3. The summed E-state index contributed by atoms with van der Waals surface area (Å²) in [6.07, 6.45) is 3.25. The maximum absolute atomic E-state index is 12.3. The van der Waals surface area contributed by atoms with Crippen LogP contribution in [0.1, 0.15) is 52.9 Å². The molecule has 0 aromatic rings. The van der Waals surface area contributed by atoms with Gasteiger partial charge >= 0.3 is 12.1 Å². The van der Waals surface area contributed by atoms with Gasteiger partial charge in [0, 0.05) is 19.5 Å². The Morgan fingerprint density at radius 2 is 2.00 bits per heavy atom. The van der Waals surface area contributed by atoms with Crippen molar-refractivity contribution in [2.24, 2.45) is 5.92 Å². The molecule has 2 aliphatic heterocycles. The van der Waals surface area contributed by atoms with E-state index >= 15 is 0 Å². The zero-order valence-corrected chi connectivity index (χ0v) is 14.8. The van der Waals surface area contributed by atoms with Gasteiger partial charge in [0.25, 0.3) is 0 Å². The third kappa shape index (κ3) is 5.39. The predicted octanol–water partition coefficient (Wildman–Crippen LogP) is 1.85. The fraction of sp³-hybridized carbons (Fsp3) is 0.824. The number of likely N-dealkylation sites (tertiary alicyclic amines) is 1. The minimum Gasteiger partial charge on any atom is -0.463 e. The summed E-state index contributed by atoms with van der Waals surface area (Å²) in [5, 5.41) is 2.68. The highest BCUT2D eigenvalue weighted by molar-refractivity contribution is 5.81. The minimum absolute atomic E-state index is 0.0255. The first-order valence-corrected chi connectivity index (χ1v) is 8.69. The Kier molecular flexibility index (Phi) is 6.07. The summed E-state index contributed by atoms with van der Waals surface area (Å²) in [6, 6.07) is -0.143. The second-order valence-corrected chi connectivity index (χ2v) is 7.49. The van der Waals surface area contributed by atoms with Crippen molar-refractivity contribution in [3.05, 3.63) is 0 Å². The van der Waals surface area contributed by atoms with Crippen LogP contribution in [0.3, 0.4) is 0 Å². The predicted molar refractivity (Wildman–Crippen MR) is 87.3 cm³/mol. The van der Waals surface area contributed by atoms with Crippen LogP contribution in [0.5, 0.6) is 0 Å². The van der Waals surface area contributed by atoms with Crippen molar-refractivity contribution in [2.45, 2.75) is 64.5 Å². The number of rotatable bonds is 3. The maximum Gasteiger partial charge on any atom is 0.410 e. The molecule has 2 aliphatic rings. The highest BCUT2D eigenvalue weighted by Crippen LogP contribution is 2.21. The van der Waals surface area contributed by atoms with Crippen LogP contribution in [0.2, 0.25) is 0 Å². The number of piperidine rings is 2. The van der Waals surface area contributed by atoms with Crippen LogP contribution in [0, 0.1) is 5.92 Å². The third-order valence-corrected chi connectivity index (χ3v) is 4.27. The highest BCUT2D eigenvalue weighted by atomic mass is 16.6. The molecule has 1 N–H and O–H groups in total. The Balaban J connectivity index is 1.85. The number of hydrogen-bond donors (Lipinski definition) is 1. The summed E-state index contributed by atoms with van der Waals surface area (Å²) in [6.45, 7) is 6.64. The summed E-state index contributed by atoms with van der Waals surface area (Å²) in [4.78, 5) is 37.3. The molecule has 0 aromatic heterocycles. The minimum atomic E-state index is -0.546. The van der Waals surface area contributed by atoms with Gasteiger partial charge in [-0.3, -0.25) is 9.59 Å². The van der Waals surface area contributed by atoms with Crippen LogP contribution in [0.15, 0.2) is 0 Å². The lowest BCUT2D eigenvalue weighted by molar-refractivity contribution is -0.152. The Morgan fingerprint density at radius 3 is 2.62 bits per heavy atom. The highest BCUT2D eigenvalue weighted by Gasteiger charge is 2.32. The lowest BCUT2D eigenvalue weighted by Gasteiger charge is -2.36. The van der Waals surface area contributed by atoms with Crippen molar-refractivity contribution in [2.75, 3.05) is 19.7 Å². The van der Waals surface area contributed by atoms with Crippen LogP contribution in [-0.2, 0) is 19.1 Å². The standard InChI is InChI=1S/C17H28N2O5/c1-17(2,3)24-16(22)19-9-5-4-6-13(19)11-23-15(21)12-7-8-14(20)18-10-12/h12-13H,4-11H2,1-3H3,(H,18,20). The van der Waals surface area contributed by atoms with E-state index in [1.54, 1.807) is 4.90 Å². The number of esters is 1. The average Bonchev–Trinajstić information content (AvgIpc) is 2.52. The van der Waals surface area contributed by atoms with Gasteiger partial charge in [-0.15, -0.1) is 0 Å². The number of nitrogens with zero attached hydrogens (tertiary/aromatic N) is 1. The van der Waals surface area contributed by atoms with E-state index < -0.39 is 5.60 Å². The summed E-state index contributed by atoms with van der Waals surface area (Å²) < 4.78 is 10.9. The van der Waals surface area contributed by atoms with Crippen LogP contribution in [0.4, 0.5) is 4.79 Å². The van der Waals surface area contributed by atoms with Crippen LogP contribution in [-0.4, -0.2) is 54.2 Å². The van der Waals surface area contributed by atoms with E-state index in [0.717, 1.165) is 19.3 Å². The molecule has 0 radical (unpaired) electrons. The molecule has 7 nitrogen and oxygen atoms in total. The van der Waals surface area contributed by atoms with Gasteiger partial charge in [-0.1, -0.05) is 0 Å². The van der Waals surface area contributed by atoms with Crippen LogP contribution in [0.25, 0.3) is 0 Å². The van der Waals surface area contributed by atoms with Crippen LogP contribution >= 0.6 is 0 Å². The van der Waals surface area contributed by atoms with Gasteiger partial charge in [-0.25, -0.2) is 4.79 Å². The molecule has 0 saturated carbocycles. The first kappa shape index (κ1) is 18.5. The van der Waals surface area contributed by atoms with Crippen LogP contribution < -0.4 is 5.32 Å². The summed E-state index contributed by atoms with van der Waals surface area (Å²) in [7, 11) is 0. The van der Waals surface area contributed by atoms with Crippen molar-refractivity contribution in [3.63, 3.8) is 0 Å². The van der Waals surface area contributed by atoms with E-state index in [4.69, 9.17) is 9.47 Å². The molecule has 0 aliphatic carbocycles. The van der Waals surface area contributed by atoms with Gasteiger partial charge in [0.15, 0.2) is 0 Å². The Morgan fingerprint density at radius 1 is 1.25 bits per heavy atom. The molecule has 7 heteroatoms. The van der Waals surface area contributed by atoms with E-state index in [1.807, 2.05) is 20.8 Å². The van der Waals surface area contributed by atoms with Gasteiger partial charge in [0.1, 0.15) is 12.2 Å². The number of amides is 2. The molecular weight excluding hydrogens is 312 g/mol. The van der Waals surface area contributed by atoms with E-state index in [9.17, 15) is 14.4 Å². The molecule has 2 unspecified atom stereocenters. The number of hydrogen-bond acceptors (Lipinski definition) is 5. The zero-order chi connectivity index (χ0) is 17.7. The molecule has 136 valence electrons. The van der Waals surface area contributed by atoms with Crippen molar-refractivity contribution in [3.8, 4) is 0 Å². The number of carbonyl (C=O) groups excluding carboxylic acids is 3. The normalized spacial score (nSPS) is 25.0. The second-order valence-electron chi connectivity index (χ2n) is 7.49. The van der Waals surface area contributed by atoms with E-state index in [1.165, 1.54) is 0 Å². The molecule has 2 saturated heterocycles. The molecule has 2 heterocycles. The van der Waals surface area contributed by atoms with Gasteiger partial charge < -0.3 is 19.7 Å². The fourth-order valence-corrected chi connectivity index (χ4v) is 2.96. The SMILES string of the molecule is CC(C)(C)OC(=O)N1CCCCC1COC(=O)C1CCC(=O)NC1. The van der Waals surface area contributed by atoms with Crippen molar-refractivity contribution in [1.82, 2.24) is 10.2 Å². The zero-order valence-electron chi connectivity index (χ0n) is 14.8. The molecule has 2 rings (SSSR count). The topological polar surface area (TPSA) is 84.9 Å². The monoisotopic (exact) mass is 340 g/mol. The molecule has 0 spiro atoms. The number of carbonyl (C=O) groups is 3. The lowest BCUT2D eigenvalue weighted by atomic mass is 9.99. The summed E-state index contributed by atoms with van der Waals surface area (Å²) in [5.74, 6) is -0.617. The number of nitrogens with one attached hydrogen (secondary N) is 1. The number of ether oxygens (including phenoxy) is 2. The van der Waals surface area contributed by atoms with Crippen molar-refractivity contribution in [1.29, 1.82) is 0 Å². The van der Waals surface area contributed by atoms with E-state index in [-0.39, 0.29) is 36.5 Å². The van der Waals surface area contributed by atoms with Gasteiger partial charge in [0.05, 0.1) is 12.0 Å². The average molecular weight is 340 g/mol. The molecule has 2 fully saturated rings. The molecule has 0 aromatic carbocycles. The van der Waals surface area contributed by atoms with Gasteiger partial charge in [-0.05, 0) is 46.5 Å².